The van der Waals surface area contributed by atoms with Crippen molar-refractivity contribution in [2.45, 2.75) is 38.6 Å². The van der Waals surface area contributed by atoms with Gasteiger partial charge in [0.25, 0.3) is 0 Å². The van der Waals surface area contributed by atoms with Gasteiger partial charge in [-0.3, -0.25) is 4.90 Å². The molecule has 0 aliphatic carbocycles. The Bertz CT molecular complexity index is 480. The second-order valence-electron chi connectivity index (χ2n) is 5.36. The number of piperidine rings is 1. The van der Waals surface area contributed by atoms with Gasteiger partial charge >= 0.3 is 0 Å². The zero-order chi connectivity index (χ0) is 12.4. The third-order valence-corrected chi connectivity index (χ3v) is 4.03. The number of likely N-dealkylation sites (tertiary alicyclic amines) is 1. The van der Waals surface area contributed by atoms with Crippen molar-refractivity contribution in [3.8, 4) is 0 Å². The summed E-state index contributed by atoms with van der Waals surface area (Å²) in [5, 5.41) is 1.34. The van der Waals surface area contributed by atoms with Crippen LogP contribution >= 0.6 is 0 Å². The van der Waals surface area contributed by atoms with Crippen LogP contribution < -0.4 is 0 Å². The van der Waals surface area contributed by atoms with E-state index < -0.39 is 0 Å². The van der Waals surface area contributed by atoms with E-state index in [9.17, 15) is 0 Å². The average Bonchev–Trinajstić information content (AvgIpc) is 2.83. The van der Waals surface area contributed by atoms with Gasteiger partial charge in [-0.2, -0.15) is 0 Å². The van der Waals surface area contributed by atoms with E-state index in [1.54, 1.807) is 0 Å². The third-order valence-electron chi connectivity index (χ3n) is 4.03. The minimum atomic E-state index is 0.603. The third kappa shape index (κ3) is 2.17. The van der Waals surface area contributed by atoms with E-state index >= 15 is 0 Å². The molecule has 18 heavy (non-hydrogen) atoms. The summed E-state index contributed by atoms with van der Waals surface area (Å²) in [6, 6.07) is 11.5. The number of aromatic amines is 1. The highest BCUT2D eigenvalue weighted by Gasteiger charge is 2.24. The fourth-order valence-electron chi connectivity index (χ4n) is 3.17. The lowest BCUT2D eigenvalue weighted by Gasteiger charge is -2.35. The van der Waals surface area contributed by atoms with Crippen molar-refractivity contribution in [2.75, 3.05) is 13.1 Å². The minimum absolute atomic E-state index is 0.603. The van der Waals surface area contributed by atoms with Crippen LogP contribution in [0, 0.1) is 0 Å². The zero-order valence-corrected chi connectivity index (χ0v) is 11.2. The summed E-state index contributed by atoms with van der Waals surface area (Å²) in [5.74, 6) is 0. The molecule has 1 fully saturated rings. The average molecular weight is 242 g/mol. The highest BCUT2D eigenvalue weighted by atomic mass is 15.2. The molecule has 1 aromatic heterocycles. The summed E-state index contributed by atoms with van der Waals surface area (Å²) < 4.78 is 0. The number of hydrogen-bond acceptors (Lipinski definition) is 1. The molecule has 0 saturated carbocycles. The Kier molecular flexibility index (Phi) is 3.37. The largest absolute Gasteiger partial charge is 0.357 e. The van der Waals surface area contributed by atoms with Crippen molar-refractivity contribution in [3.05, 3.63) is 36.0 Å². The Morgan fingerprint density at radius 1 is 1.28 bits per heavy atom. The number of nitrogens with one attached hydrogen (secondary N) is 1. The number of nitrogens with zero attached hydrogens (tertiary/aromatic N) is 1. The predicted molar refractivity (Wildman–Crippen MR) is 76.8 cm³/mol. The molecule has 1 aliphatic rings. The maximum absolute atomic E-state index is 3.61. The number of benzene rings is 1. The second-order valence-corrected chi connectivity index (χ2v) is 5.36. The van der Waals surface area contributed by atoms with Crippen molar-refractivity contribution in [2.24, 2.45) is 0 Å². The molecule has 1 saturated heterocycles. The number of aromatic nitrogens is 1. The van der Waals surface area contributed by atoms with Gasteiger partial charge in [0.1, 0.15) is 0 Å². The van der Waals surface area contributed by atoms with Gasteiger partial charge < -0.3 is 4.98 Å². The maximum atomic E-state index is 3.61. The highest BCUT2D eigenvalue weighted by Crippen LogP contribution is 2.32. The van der Waals surface area contributed by atoms with Crippen LogP contribution in [-0.2, 0) is 0 Å². The molecule has 2 nitrogen and oxygen atoms in total. The molecule has 2 aromatic rings. The molecule has 2 heterocycles. The lowest BCUT2D eigenvalue weighted by molar-refractivity contribution is 0.146. The number of para-hydroxylation sites is 1. The molecule has 1 aliphatic heterocycles. The first-order chi connectivity index (χ1) is 8.88. The summed E-state index contributed by atoms with van der Waals surface area (Å²) in [7, 11) is 0. The van der Waals surface area contributed by atoms with Crippen LogP contribution in [-0.4, -0.2) is 23.0 Å². The molecule has 1 unspecified atom stereocenters. The summed E-state index contributed by atoms with van der Waals surface area (Å²) in [4.78, 5) is 6.26. The van der Waals surface area contributed by atoms with E-state index in [0.717, 1.165) is 0 Å². The van der Waals surface area contributed by atoms with Gasteiger partial charge in [-0.15, -0.1) is 0 Å². The Morgan fingerprint density at radius 2 is 2.17 bits per heavy atom. The van der Waals surface area contributed by atoms with Crippen molar-refractivity contribution >= 4 is 10.9 Å². The van der Waals surface area contributed by atoms with Crippen LogP contribution in [0.15, 0.2) is 30.3 Å². The summed E-state index contributed by atoms with van der Waals surface area (Å²) in [6.45, 7) is 4.75. The Labute approximate surface area is 109 Å². The van der Waals surface area contributed by atoms with Gasteiger partial charge in [-0.05, 0) is 49.9 Å². The second kappa shape index (κ2) is 5.15. The summed E-state index contributed by atoms with van der Waals surface area (Å²) in [5.41, 5.74) is 2.68. The molecule has 2 heteroatoms. The Hall–Kier alpha value is -1.28. The van der Waals surface area contributed by atoms with Crippen molar-refractivity contribution in [1.82, 2.24) is 9.88 Å². The van der Waals surface area contributed by atoms with Crippen LogP contribution in [0.3, 0.4) is 0 Å². The van der Waals surface area contributed by atoms with E-state index in [-0.39, 0.29) is 0 Å². The smallest absolute Gasteiger partial charge is 0.0498 e. The first kappa shape index (κ1) is 11.8. The molecule has 0 spiro atoms. The van der Waals surface area contributed by atoms with Crippen LogP contribution in [0.2, 0.25) is 0 Å². The van der Waals surface area contributed by atoms with Crippen LogP contribution in [0.5, 0.6) is 0 Å². The molecule has 0 bridgehead atoms. The van der Waals surface area contributed by atoms with Crippen molar-refractivity contribution < 1.29 is 0 Å². The SMILES string of the molecule is CCCN1CCCCC1c1cc2ccccc2[nH]1. The standard InChI is InChI=1S/C16H22N2/c1-2-10-18-11-6-5-9-16(18)15-12-13-7-3-4-8-14(13)17-15/h3-4,7-8,12,16-17H,2,5-6,9-11H2,1H3. The normalized spacial score (nSPS) is 21.5. The summed E-state index contributed by atoms with van der Waals surface area (Å²) >= 11 is 0. The fraction of sp³-hybridized carbons (Fsp3) is 0.500. The maximum Gasteiger partial charge on any atom is 0.0498 e. The minimum Gasteiger partial charge on any atom is -0.357 e. The molecule has 0 amide bonds. The van der Waals surface area contributed by atoms with E-state index in [4.69, 9.17) is 0 Å². The molecular weight excluding hydrogens is 220 g/mol. The molecule has 1 atom stereocenters. The monoisotopic (exact) mass is 242 g/mol. The van der Waals surface area contributed by atoms with Crippen molar-refractivity contribution in [3.63, 3.8) is 0 Å². The molecule has 3 rings (SSSR count). The van der Waals surface area contributed by atoms with Crippen LogP contribution in [0.4, 0.5) is 0 Å². The van der Waals surface area contributed by atoms with E-state index in [1.165, 1.54) is 55.4 Å². The first-order valence-electron chi connectivity index (χ1n) is 7.20. The van der Waals surface area contributed by atoms with Crippen LogP contribution in [0.1, 0.15) is 44.3 Å². The van der Waals surface area contributed by atoms with Gasteiger partial charge in [0.15, 0.2) is 0 Å². The topological polar surface area (TPSA) is 19.0 Å². The van der Waals surface area contributed by atoms with Gasteiger partial charge in [0.05, 0.1) is 0 Å². The summed E-state index contributed by atoms with van der Waals surface area (Å²) in [6.07, 6.45) is 5.26. The van der Waals surface area contributed by atoms with Gasteiger partial charge in [0, 0.05) is 17.3 Å². The van der Waals surface area contributed by atoms with Gasteiger partial charge in [-0.25, -0.2) is 0 Å². The molecule has 1 N–H and O–H groups in total. The van der Waals surface area contributed by atoms with E-state index in [2.05, 4.69) is 47.1 Å². The van der Waals surface area contributed by atoms with Gasteiger partial charge in [0.2, 0.25) is 0 Å². The quantitative estimate of drug-likeness (QED) is 0.858. The Morgan fingerprint density at radius 3 is 3.00 bits per heavy atom. The first-order valence-corrected chi connectivity index (χ1v) is 7.20. The molecule has 1 aromatic carbocycles. The zero-order valence-electron chi connectivity index (χ0n) is 11.2. The fourth-order valence-corrected chi connectivity index (χ4v) is 3.17. The van der Waals surface area contributed by atoms with Gasteiger partial charge in [-0.1, -0.05) is 31.5 Å². The molecule has 0 radical (unpaired) electrons. The van der Waals surface area contributed by atoms with E-state index in [1.807, 2.05) is 0 Å². The van der Waals surface area contributed by atoms with Crippen LogP contribution in [0.25, 0.3) is 10.9 Å². The number of hydrogen-bond donors (Lipinski definition) is 1. The molecular formula is C16H22N2. The molecule has 96 valence electrons. The van der Waals surface area contributed by atoms with E-state index in [0.29, 0.717) is 6.04 Å². The van der Waals surface area contributed by atoms with Crippen molar-refractivity contribution in [1.29, 1.82) is 0 Å². The predicted octanol–water partition coefficient (Wildman–Crippen LogP) is 4.10. The number of H-pyrrole nitrogens is 1. The number of fused-ring (bicyclic) bond motifs is 1. The lowest BCUT2D eigenvalue weighted by Crippen LogP contribution is -2.34. The lowest BCUT2D eigenvalue weighted by atomic mass is 9.99. The Balaban J connectivity index is 1.91. The highest BCUT2D eigenvalue weighted by molar-refractivity contribution is 5.80. The number of rotatable bonds is 3.